The SMILES string of the molecule is CC(C)COc1ccc(CC(=O)N(Cc2ccc(F)cc2)C2CC3CCC(C2)N3C)cc1. The predicted octanol–water partition coefficient (Wildman–Crippen LogP) is 5.06. The molecular weight excluding hydrogens is 403 g/mol. The van der Waals surface area contributed by atoms with E-state index in [2.05, 4.69) is 30.7 Å². The lowest BCUT2D eigenvalue weighted by Crippen LogP contribution is -2.50. The van der Waals surface area contributed by atoms with Gasteiger partial charge in [-0.15, -0.1) is 0 Å². The van der Waals surface area contributed by atoms with Crippen LogP contribution in [0.3, 0.4) is 0 Å². The number of hydrogen-bond donors (Lipinski definition) is 0. The van der Waals surface area contributed by atoms with E-state index in [1.54, 1.807) is 12.1 Å². The first-order chi connectivity index (χ1) is 15.4. The van der Waals surface area contributed by atoms with Crippen LogP contribution >= 0.6 is 0 Å². The first-order valence-electron chi connectivity index (χ1n) is 11.9. The predicted molar refractivity (Wildman–Crippen MR) is 125 cm³/mol. The maximum Gasteiger partial charge on any atom is 0.227 e. The van der Waals surface area contributed by atoms with E-state index >= 15 is 0 Å². The van der Waals surface area contributed by atoms with Gasteiger partial charge in [0.15, 0.2) is 0 Å². The van der Waals surface area contributed by atoms with E-state index in [1.165, 1.54) is 25.0 Å². The van der Waals surface area contributed by atoms with Gasteiger partial charge < -0.3 is 14.5 Å². The molecule has 2 unspecified atom stereocenters. The molecule has 172 valence electrons. The zero-order valence-electron chi connectivity index (χ0n) is 19.5. The van der Waals surface area contributed by atoms with E-state index in [1.807, 2.05) is 24.3 Å². The Morgan fingerprint density at radius 2 is 1.62 bits per heavy atom. The van der Waals surface area contributed by atoms with Crippen molar-refractivity contribution in [1.82, 2.24) is 9.80 Å². The topological polar surface area (TPSA) is 32.8 Å². The monoisotopic (exact) mass is 438 g/mol. The van der Waals surface area contributed by atoms with E-state index in [-0.39, 0.29) is 17.8 Å². The molecule has 2 bridgehead atoms. The summed E-state index contributed by atoms with van der Waals surface area (Å²) in [6.45, 7) is 5.46. The summed E-state index contributed by atoms with van der Waals surface area (Å²) in [5, 5.41) is 0. The highest BCUT2D eigenvalue weighted by molar-refractivity contribution is 5.79. The van der Waals surface area contributed by atoms with Gasteiger partial charge in [-0.2, -0.15) is 0 Å². The first kappa shape index (κ1) is 22.8. The van der Waals surface area contributed by atoms with Crippen molar-refractivity contribution in [3.05, 3.63) is 65.5 Å². The Labute approximate surface area is 191 Å². The molecule has 2 aromatic carbocycles. The molecule has 4 nitrogen and oxygen atoms in total. The lowest BCUT2D eigenvalue weighted by Gasteiger charge is -2.42. The van der Waals surface area contributed by atoms with Gasteiger partial charge in [0, 0.05) is 24.7 Å². The largest absolute Gasteiger partial charge is 0.493 e. The Morgan fingerprint density at radius 3 is 2.22 bits per heavy atom. The van der Waals surface area contributed by atoms with Crippen LogP contribution in [0.1, 0.15) is 50.7 Å². The van der Waals surface area contributed by atoms with Crippen molar-refractivity contribution in [3.63, 3.8) is 0 Å². The smallest absolute Gasteiger partial charge is 0.227 e. The minimum Gasteiger partial charge on any atom is -0.493 e. The number of carbonyl (C=O) groups excluding carboxylic acids is 1. The lowest BCUT2D eigenvalue weighted by molar-refractivity contribution is -0.135. The lowest BCUT2D eigenvalue weighted by atomic mass is 9.95. The van der Waals surface area contributed by atoms with Gasteiger partial charge in [0.1, 0.15) is 11.6 Å². The Morgan fingerprint density at radius 1 is 1.03 bits per heavy atom. The van der Waals surface area contributed by atoms with Crippen LogP contribution in [0.15, 0.2) is 48.5 Å². The van der Waals surface area contributed by atoms with Gasteiger partial charge in [0.05, 0.1) is 13.0 Å². The van der Waals surface area contributed by atoms with E-state index in [9.17, 15) is 9.18 Å². The molecule has 2 aromatic rings. The molecule has 0 N–H and O–H groups in total. The second-order valence-corrected chi connectivity index (χ2v) is 9.85. The fraction of sp³-hybridized carbons (Fsp3) is 0.519. The number of amides is 1. The third-order valence-corrected chi connectivity index (χ3v) is 6.96. The summed E-state index contributed by atoms with van der Waals surface area (Å²) in [7, 11) is 2.22. The molecule has 5 heteroatoms. The summed E-state index contributed by atoms with van der Waals surface area (Å²) in [4.78, 5) is 18.0. The molecule has 0 aliphatic carbocycles. The van der Waals surface area contributed by atoms with Gasteiger partial charge in [-0.3, -0.25) is 4.79 Å². The highest BCUT2D eigenvalue weighted by Crippen LogP contribution is 2.37. The van der Waals surface area contributed by atoms with Crippen molar-refractivity contribution in [1.29, 1.82) is 0 Å². The molecular formula is C27H35FN2O2. The summed E-state index contributed by atoms with van der Waals surface area (Å²) in [6.07, 6.45) is 4.83. The highest BCUT2D eigenvalue weighted by atomic mass is 19.1. The average Bonchev–Trinajstić information content (AvgIpc) is 2.98. The molecule has 2 aliphatic heterocycles. The quantitative estimate of drug-likeness (QED) is 0.578. The molecule has 32 heavy (non-hydrogen) atoms. The number of ether oxygens (including phenoxy) is 1. The van der Waals surface area contributed by atoms with E-state index in [0.29, 0.717) is 37.6 Å². The van der Waals surface area contributed by atoms with Crippen LogP contribution in [0, 0.1) is 11.7 Å². The molecule has 2 fully saturated rings. The molecule has 2 heterocycles. The molecule has 1 amide bonds. The summed E-state index contributed by atoms with van der Waals surface area (Å²) in [5.74, 6) is 1.20. The number of benzene rings is 2. The zero-order chi connectivity index (χ0) is 22.7. The second-order valence-electron chi connectivity index (χ2n) is 9.85. The maximum atomic E-state index is 13.5. The van der Waals surface area contributed by atoms with Crippen molar-refractivity contribution in [2.45, 2.75) is 70.6 Å². The molecule has 0 spiro atoms. The van der Waals surface area contributed by atoms with Crippen molar-refractivity contribution in [2.24, 2.45) is 5.92 Å². The number of rotatable bonds is 8. The molecule has 2 aliphatic rings. The average molecular weight is 439 g/mol. The molecule has 2 saturated heterocycles. The molecule has 0 aromatic heterocycles. The van der Waals surface area contributed by atoms with E-state index < -0.39 is 0 Å². The van der Waals surface area contributed by atoms with Crippen LogP contribution in [0.4, 0.5) is 4.39 Å². The minimum atomic E-state index is -0.247. The highest BCUT2D eigenvalue weighted by Gasteiger charge is 2.41. The van der Waals surface area contributed by atoms with Crippen LogP contribution in [-0.4, -0.2) is 47.5 Å². The van der Waals surface area contributed by atoms with E-state index in [0.717, 1.165) is 29.7 Å². The van der Waals surface area contributed by atoms with Gasteiger partial charge in [-0.1, -0.05) is 38.1 Å². The molecule has 2 atom stereocenters. The van der Waals surface area contributed by atoms with E-state index in [4.69, 9.17) is 4.74 Å². The van der Waals surface area contributed by atoms with Gasteiger partial charge in [-0.25, -0.2) is 4.39 Å². The van der Waals surface area contributed by atoms with Crippen LogP contribution < -0.4 is 4.74 Å². The van der Waals surface area contributed by atoms with Gasteiger partial charge >= 0.3 is 0 Å². The van der Waals surface area contributed by atoms with Crippen LogP contribution in [0.25, 0.3) is 0 Å². The van der Waals surface area contributed by atoms with Gasteiger partial charge in [-0.05, 0) is 74.0 Å². The van der Waals surface area contributed by atoms with Gasteiger partial charge in [0.25, 0.3) is 0 Å². The van der Waals surface area contributed by atoms with Crippen molar-refractivity contribution >= 4 is 5.91 Å². The molecule has 0 radical (unpaired) electrons. The van der Waals surface area contributed by atoms with Crippen molar-refractivity contribution in [3.8, 4) is 5.75 Å². The summed E-state index contributed by atoms with van der Waals surface area (Å²) < 4.78 is 19.2. The number of carbonyl (C=O) groups is 1. The Balaban J connectivity index is 1.47. The third kappa shape index (κ3) is 5.50. The van der Waals surface area contributed by atoms with Crippen LogP contribution in [0.5, 0.6) is 5.75 Å². The normalized spacial score (nSPS) is 22.8. The summed E-state index contributed by atoms with van der Waals surface area (Å²) in [5.41, 5.74) is 1.97. The van der Waals surface area contributed by atoms with Crippen molar-refractivity contribution in [2.75, 3.05) is 13.7 Å². The molecule has 4 rings (SSSR count). The molecule has 0 saturated carbocycles. The van der Waals surface area contributed by atoms with Crippen LogP contribution in [-0.2, 0) is 17.8 Å². The maximum absolute atomic E-state index is 13.5. The second kappa shape index (κ2) is 10.0. The number of piperidine rings is 1. The minimum absolute atomic E-state index is 0.138. The third-order valence-electron chi connectivity index (χ3n) is 6.96. The fourth-order valence-electron chi connectivity index (χ4n) is 5.09. The number of halogens is 1. The fourth-order valence-corrected chi connectivity index (χ4v) is 5.09. The van der Waals surface area contributed by atoms with Crippen molar-refractivity contribution < 1.29 is 13.9 Å². The standard InChI is InChI=1S/C27H35FN2O2/c1-19(2)18-32-26-12-6-20(7-13-26)14-27(31)30(17-21-4-8-22(28)9-5-21)25-15-23-10-11-24(16-25)29(23)3/h4-9,12-13,19,23-25H,10-11,14-18H2,1-3H3. The number of fused-ring (bicyclic) bond motifs is 2. The summed E-state index contributed by atoms with van der Waals surface area (Å²) in [6, 6.07) is 15.8. The first-order valence-corrected chi connectivity index (χ1v) is 11.9. The van der Waals surface area contributed by atoms with Crippen LogP contribution in [0.2, 0.25) is 0 Å². The van der Waals surface area contributed by atoms with Gasteiger partial charge in [0.2, 0.25) is 5.91 Å². The Bertz CT molecular complexity index is 883. The number of nitrogens with zero attached hydrogens (tertiary/aromatic N) is 2. The number of hydrogen-bond acceptors (Lipinski definition) is 3. The zero-order valence-corrected chi connectivity index (χ0v) is 19.5. The Hall–Kier alpha value is -2.40. The summed E-state index contributed by atoms with van der Waals surface area (Å²) >= 11 is 0. The Kier molecular flexibility index (Phi) is 7.14.